The molecular formula is C13H19N3O. The zero-order valence-corrected chi connectivity index (χ0v) is 10.1. The number of nitrogens with zero attached hydrogens (tertiary/aromatic N) is 1. The highest BCUT2D eigenvalue weighted by Gasteiger charge is 2.25. The van der Waals surface area contributed by atoms with Gasteiger partial charge in [-0.05, 0) is 25.0 Å². The Morgan fingerprint density at radius 2 is 2.29 bits per heavy atom. The number of para-hydroxylation sites is 2. The third kappa shape index (κ3) is 2.35. The summed E-state index contributed by atoms with van der Waals surface area (Å²) in [5.74, 6) is -0.246. The monoisotopic (exact) mass is 233 g/mol. The van der Waals surface area contributed by atoms with Gasteiger partial charge in [-0.15, -0.1) is 0 Å². The molecule has 1 amide bonds. The van der Waals surface area contributed by atoms with E-state index >= 15 is 0 Å². The summed E-state index contributed by atoms with van der Waals surface area (Å²) >= 11 is 0. The number of hydrogen-bond acceptors (Lipinski definition) is 3. The number of hydrogen-bond donors (Lipinski definition) is 2. The topological polar surface area (TPSA) is 58.4 Å². The Bertz CT molecular complexity index is 405. The van der Waals surface area contributed by atoms with Crippen molar-refractivity contribution in [2.24, 2.45) is 5.73 Å². The first kappa shape index (κ1) is 11.8. The summed E-state index contributed by atoms with van der Waals surface area (Å²) in [5.41, 5.74) is 7.65. The molecule has 1 aliphatic heterocycles. The molecule has 0 bridgehead atoms. The second-order valence-corrected chi connectivity index (χ2v) is 4.32. The van der Waals surface area contributed by atoms with Crippen molar-refractivity contribution < 1.29 is 4.79 Å². The highest BCUT2D eigenvalue weighted by atomic mass is 16.1. The summed E-state index contributed by atoms with van der Waals surface area (Å²) in [6.45, 7) is 3.80. The lowest BCUT2D eigenvalue weighted by molar-refractivity contribution is -0.119. The van der Waals surface area contributed by atoms with Gasteiger partial charge in [-0.1, -0.05) is 19.1 Å². The average Bonchev–Trinajstić information content (AvgIpc) is 2.53. The van der Waals surface area contributed by atoms with Gasteiger partial charge in [-0.2, -0.15) is 0 Å². The van der Waals surface area contributed by atoms with Crippen molar-refractivity contribution in [1.29, 1.82) is 0 Å². The van der Waals surface area contributed by atoms with E-state index in [1.807, 2.05) is 31.2 Å². The summed E-state index contributed by atoms with van der Waals surface area (Å²) in [7, 11) is 0. The molecule has 0 spiro atoms. The molecule has 17 heavy (non-hydrogen) atoms. The Morgan fingerprint density at radius 3 is 3.00 bits per heavy atom. The molecular weight excluding hydrogens is 214 g/mol. The molecule has 0 fully saturated rings. The molecule has 0 radical (unpaired) electrons. The van der Waals surface area contributed by atoms with Crippen molar-refractivity contribution in [2.75, 3.05) is 23.3 Å². The van der Waals surface area contributed by atoms with Crippen LogP contribution < -0.4 is 16.0 Å². The SMILES string of the molecule is CCC(C(N)=O)N1CCCNc2ccccc21. The van der Waals surface area contributed by atoms with Crippen LogP contribution in [0.15, 0.2) is 24.3 Å². The van der Waals surface area contributed by atoms with Crippen molar-refractivity contribution >= 4 is 17.3 Å². The van der Waals surface area contributed by atoms with Gasteiger partial charge in [0, 0.05) is 13.1 Å². The highest BCUT2D eigenvalue weighted by Crippen LogP contribution is 2.30. The van der Waals surface area contributed by atoms with Crippen molar-refractivity contribution in [2.45, 2.75) is 25.8 Å². The molecule has 1 heterocycles. The Morgan fingerprint density at radius 1 is 1.53 bits per heavy atom. The van der Waals surface area contributed by atoms with E-state index in [-0.39, 0.29) is 11.9 Å². The van der Waals surface area contributed by atoms with Crippen LogP contribution in [0.1, 0.15) is 19.8 Å². The molecule has 1 aromatic rings. The fourth-order valence-corrected chi connectivity index (χ4v) is 2.37. The minimum Gasteiger partial charge on any atom is -0.383 e. The molecule has 0 aromatic heterocycles. The summed E-state index contributed by atoms with van der Waals surface area (Å²) in [5, 5.41) is 3.38. The van der Waals surface area contributed by atoms with E-state index < -0.39 is 0 Å². The number of nitrogens with one attached hydrogen (secondary N) is 1. The summed E-state index contributed by atoms with van der Waals surface area (Å²) < 4.78 is 0. The van der Waals surface area contributed by atoms with Crippen LogP contribution in [0, 0.1) is 0 Å². The predicted octanol–water partition coefficient (Wildman–Crippen LogP) is 1.57. The molecule has 3 N–H and O–H groups in total. The first-order valence-corrected chi connectivity index (χ1v) is 6.13. The number of benzene rings is 1. The second-order valence-electron chi connectivity index (χ2n) is 4.32. The Balaban J connectivity index is 2.37. The molecule has 0 saturated carbocycles. The van der Waals surface area contributed by atoms with Crippen LogP contribution in [0.2, 0.25) is 0 Å². The smallest absolute Gasteiger partial charge is 0.240 e. The third-order valence-electron chi connectivity index (χ3n) is 3.20. The van der Waals surface area contributed by atoms with Crippen LogP contribution in [-0.4, -0.2) is 25.0 Å². The Labute approximate surface area is 102 Å². The quantitative estimate of drug-likeness (QED) is 0.833. The fourth-order valence-electron chi connectivity index (χ4n) is 2.37. The zero-order chi connectivity index (χ0) is 12.3. The lowest BCUT2D eigenvalue weighted by Gasteiger charge is -2.30. The maximum Gasteiger partial charge on any atom is 0.240 e. The van der Waals surface area contributed by atoms with Crippen LogP contribution in [0.4, 0.5) is 11.4 Å². The lowest BCUT2D eigenvalue weighted by Crippen LogP contribution is -2.44. The maximum atomic E-state index is 11.5. The molecule has 1 unspecified atom stereocenters. The van der Waals surface area contributed by atoms with Crippen molar-refractivity contribution in [1.82, 2.24) is 0 Å². The average molecular weight is 233 g/mol. The molecule has 0 saturated heterocycles. The predicted molar refractivity (Wildman–Crippen MR) is 70.2 cm³/mol. The van der Waals surface area contributed by atoms with Gasteiger partial charge in [-0.3, -0.25) is 4.79 Å². The standard InChI is InChI=1S/C13H19N3O/c1-2-11(13(14)17)16-9-5-8-15-10-6-3-4-7-12(10)16/h3-4,6-7,11,15H,2,5,8-9H2,1H3,(H2,14,17). The van der Waals surface area contributed by atoms with Crippen molar-refractivity contribution in [3.05, 3.63) is 24.3 Å². The van der Waals surface area contributed by atoms with Gasteiger partial charge in [0.05, 0.1) is 11.4 Å². The molecule has 1 aliphatic rings. The number of rotatable bonds is 3. The number of primary amides is 1. The van der Waals surface area contributed by atoms with Gasteiger partial charge in [0.2, 0.25) is 5.91 Å². The second kappa shape index (κ2) is 5.08. The van der Waals surface area contributed by atoms with E-state index in [1.165, 1.54) is 0 Å². The molecule has 1 aromatic carbocycles. The lowest BCUT2D eigenvalue weighted by atomic mass is 10.1. The molecule has 4 nitrogen and oxygen atoms in total. The summed E-state index contributed by atoms with van der Waals surface area (Å²) in [4.78, 5) is 13.6. The number of carbonyl (C=O) groups excluding carboxylic acids is 1. The van der Waals surface area contributed by atoms with E-state index in [4.69, 9.17) is 5.73 Å². The van der Waals surface area contributed by atoms with Gasteiger partial charge < -0.3 is 16.0 Å². The number of fused-ring (bicyclic) bond motifs is 1. The number of nitrogens with two attached hydrogens (primary N) is 1. The van der Waals surface area contributed by atoms with Gasteiger partial charge in [0.25, 0.3) is 0 Å². The first-order valence-electron chi connectivity index (χ1n) is 6.13. The van der Waals surface area contributed by atoms with E-state index in [0.29, 0.717) is 0 Å². The van der Waals surface area contributed by atoms with Gasteiger partial charge in [-0.25, -0.2) is 0 Å². The van der Waals surface area contributed by atoms with E-state index in [1.54, 1.807) is 0 Å². The molecule has 1 atom stereocenters. The molecule has 0 aliphatic carbocycles. The number of amides is 1. The highest BCUT2D eigenvalue weighted by molar-refractivity contribution is 5.85. The minimum atomic E-state index is -0.246. The maximum absolute atomic E-state index is 11.5. The van der Waals surface area contributed by atoms with E-state index in [2.05, 4.69) is 10.2 Å². The normalized spacial score (nSPS) is 16.6. The largest absolute Gasteiger partial charge is 0.383 e. The van der Waals surface area contributed by atoms with Gasteiger partial charge in [0.1, 0.15) is 6.04 Å². The first-order chi connectivity index (χ1) is 8.24. The zero-order valence-electron chi connectivity index (χ0n) is 10.1. The Kier molecular flexibility index (Phi) is 3.52. The van der Waals surface area contributed by atoms with Gasteiger partial charge in [0.15, 0.2) is 0 Å². The minimum absolute atomic E-state index is 0.212. The van der Waals surface area contributed by atoms with Crippen LogP contribution in [-0.2, 0) is 4.79 Å². The van der Waals surface area contributed by atoms with Crippen molar-refractivity contribution in [3.63, 3.8) is 0 Å². The van der Waals surface area contributed by atoms with Crippen LogP contribution >= 0.6 is 0 Å². The Hall–Kier alpha value is -1.71. The van der Waals surface area contributed by atoms with Gasteiger partial charge >= 0.3 is 0 Å². The van der Waals surface area contributed by atoms with Crippen molar-refractivity contribution in [3.8, 4) is 0 Å². The molecule has 92 valence electrons. The fraction of sp³-hybridized carbons (Fsp3) is 0.462. The van der Waals surface area contributed by atoms with E-state index in [0.717, 1.165) is 37.3 Å². The third-order valence-corrected chi connectivity index (χ3v) is 3.20. The molecule has 4 heteroatoms. The van der Waals surface area contributed by atoms with Crippen LogP contribution in [0.3, 0.4) is 0 Å². The number of carbonyl (C=O) groups is 1. The van der Waals surface area contributed by atoms with Crippen LogP contribution in [0.25, 0.3) is 0 Å². The summed E-state index contributed by atoms with van der Waals surface area (Å²) in [6.07, 6.45) is 1.75. The number of anilines is 2. The molecule has 2 rings (SSSR count). The van der Waals surface area contributed by atoms with Crippen LogP contribution in [0.5, 0.6) is 0 Å². The summed E-state index contributed by atoms with van der Waals surface area (Å²) in [6, 6.07) is 7.87. The van der Waals surface area contributed by atoms with E-state index in [9.17, 15) is 4.79 Å².